The van der Waals surface area contributed by atoms with E-state index in [9.17, 15) is 39.9 Å². The topological polar surface area (TPSA) is 182 Å². The van der Waals surface area contributed by atoms with E-state index in [0.717, 1.165) is 0 Å². The number of aromatic hydroxyl groups is 1. The molecule has 0 bridgehead atoms. The SMILES string of the molecule is CN(C)[C@H]1C(O)=C(C(N)=O)C(=O)[C@@]2(O)C(O)=C3C(=O)c4c(O)cccc4/C(=C\c4ccccc4)[C@H]3[C@@H](O)[C@@H]12. The summed E-state index contributed by atoms with van der Waals surface area (Å²) >= 11 is 0. The molecule has 0 saturated carbocycles. The van der Waals surface area contributed by atoms with Gasteiger partial charge in [-0.2, -0.15) is 0 Å². The number of hydrogen-bond donors (Lipinski definition) is 6. The summed E-state index contributed by atoms with van der Waals surface area (Å²) in [5.74, 6) is -8.77. The maximum Gasteiger partial charge on any atom is 0.255 e. The number of benzene rings is 2. The summed E-state index contributed by atoms with van der Waals surface area (Å²) in [7, 11) is 2.97. The van der Waals surface area contributed by atoms with Crippen LogP contribution in [-0.2, 0) is 9.59 Å². The smallest absolute Gasteiger partial charge is 0.255 e. The molecule has 0 unspecified atom stereocenters. The Hall–Kier alpha value is -4.25. The Morgan fingerprint density at radius 1 is 1.03 bits per heavy atom. The molecule has 3 aliphatic rings. The number of nitrogens with zero attached hydrogens (tertiary/aromatic N) is 1. The maximum atomic E-state index is 13.7. The van der Waals surface area contributed by atoms with Crippen molar-refractivity contribution in [1.29, 1.82) is 0 Å². The highest BCUT2D eigenvalue weighted by Crippen LogP contribution is 2.55. The van der Waals surface area contributed by atoms with E-state index >= 15 is 0 Å². The molecular weight excluding hydrogens is 492 g/mol. The van der Waals surface area contributed by atoms with E-state index in [1.165, 1.54) is 31.1 Å². The zero-order chi connectivity index (χ0) is 27.7. The third-order valence-electron chi connectivity index (χ3n) is 7.65. The lowest BCUT2D eigenvalue weighted by atomic mass is 9.56. The number of aliphatic hydroxyl groups is 4. The minimum absolute atomic E-state index is 0.178. The predicted molar refractivity (Wildman–Crippen MR) is 136 cm³/mol. The number of primary amides is 1. The van der Waals surface area contributed by atoms with Crippen LogP contribution in [0.25, 0.3) is 11.6 Å². The van der Waals surface area contributed by atoms with Gasteiger partial charge in [0.05, 0.1) is 29.2 Å². The number of rotatable bonds is 3. The normalized spacial score (nSPS) is 29.9. The molecule has 5 atom stereocenters. The van der Waals surface area contributed by atoms with Crippen molar-refractivity contribution in [1.82, 2.24) is 4.90 Å². The first kappa shape index (κ1) is 25.4. The summed E-state index contributed by atoms with van der Waals surface area (Å²) in [4.78, 5) is 40.7. The monoisotopic (exact) mass is 518 g/mol. The second kappa shape index (κ2) is 8.66. The molecule has 0 saturated heterocycles. The molecule has 10 heteroatoms. The Kier molecular flexibility index (Phi) is 5.79. The second-order valence-corrected chi connectivity index (χ2v) is 9.92. The van der Waals surface area contributed by atoms with E-state index < -0.39 is 75.5 Å². The van der Waals surface area contributed by atoms with Gasteiger partial charge >= 0.3 is 0 Å². The molecular formula is C28H26N2O8. The highest BCUT2D eigenvalue weighted by atomic mass is 16.4. The number of amides is 1. The average molecular weight is 519 g/mol. The van der Waals surface area contributed by atoms with Crippen molar-refractivity contribution in [3.05, 3.63) is 87.9 Å². The Morgan fingerprint density at radius 3 is 2.29 bits per heavy atom. The van der Waals surface area contributed by atoms with Crippen molar-refractivity contribution in [2.75, 3.05) is 14.1 Å². The zero-order valence-corrected chi connectivity index (χ0v) is 20.5. The Morgan fingerprint density at radius 2 is 1.68 bits per heavy atom. The Labute approximate surface area is 217 Å². The number of phenols is 1. The number of ketones is 2. The van der Waals surface area contributed by atoms with Gasteiger partial charge in [0.1, 0.15) is 22.8 Å². The van der Waals surface area contributed by atoms with Crippen LogP contribution in [0.5, 0.6) is 5.75 Å². The van der Waals surface area contributed by atoms with E-state index in [1.54, 1.807) is 42.5 Å². The molecule has 10 nitrogen and oxygen atoms in total. The molecule has 1 amide bonds. The van der Waals surface area contributed by atoms with Gasteiger partial charge < -0.3 is 31.3 Å². The fraction of sp³-hybridized carbons (Fsp3) is 0.250. The average Bonchev–Trinajstić information content (AvgIpc) is 2.86. The van der Waals surface area contributed by atoms with Crippen LogP contribution in [0.15, 0.2) is 71.2 Å². The first-order chi connectivity index (χ1) is 17.9. The lowest BCUT2D eigenvalue weighted by molar-refractivity contribution is -0.159. The second-order valence-electron chi connectivity index (χ2n) is 9.92. The maximum absolute atomic E-state index is 13.7. The highest BCUT2D eigenvalue weighted by Gasteiger charge is 2.67. The van der Waals surface area contributed by atoms with Gasteiger partial charge in [-0.1, -0.05) is 48.5 Å². The molecule has 196 valence electrons. The summed E-state index contributed by atoms with van der Waals surface area (Å²) in [5, 5.41) is 56.6. The van der Waals surface area contributed by atoms with Gasteiger partial charge in [-0.3, -0.25) is 19.3 Å². The van der Waals surface area contributed by atoms with Gasteiger partial charge in [0, 0.05) is 5.92 Å². The minimum Gasteiger partial charge on any atom is -0.510 e. The van der Waals surface area contributed by atoms with Crippen LogP contribution < -0.4 is 5.73 Å². The summed E-state index contributed by atoms with van der Waals surface area (Å²) in [5.41, 5.74) is 2.08. The third-order valence-corrected chi connectivity index (χ3v) is 7.65. The van der Waals surface area contributed by atoms with Gasteiger partial charge in [0.2, 0.25) is 5.78 Å². The van der Waals surface area contributed by atoms with E-state index in [2.05, 4.69) is 0 Å². The lowest BCUT2D eigenvalue weighted by Crippen LogP contribution is -2.68. The van der Waals surface area contributed by atoms with E-state index in [1.807, 2.05) is 0 Å². The molecule has 3 aliphatic carbocycles. The summed E-state index contributed by atoms with van der Waals surface area (Å²) in [6.45, 7) is 0. The molecule has 2 aromatic carbocycles. The van der Waals surface area contributed by atoms with E-state index in [0.29, 0.717) is 16.7 Å². The van der Waals surface area contributed by atoms with Gasteiger partial charge in [-0.15, -0.1) is 0 Å². The van der Waals surface area contributed by atoms with Crippen LogP contribution in [0.2, 0.25) is 0 Å². The summed E-state index contributed by atoms with van der Waals surface area (Å²) < 4.78 is 0. The van der Waals surface area contributed by atoms with Crippen LogP contribution >= 0.6 is 0 Å². The van der Waals surface area contributed by atoms with Gasteiger partial charge in [0.25, 0.3) is 5.91 Å². The Balaban J connectivity index is 1.87. The fourth-order valence-corrected chi connectivity index (χ4v) is 6.04. The number of likely N-dealkylation sites (N-methyl/N-ethyl adjacent to an activating group) is 1. The number of carbonyl (C=O) groups excluding carboxylic acids is 3. The number of hydrogen-bond acceptors (Lipinski definition) is 9. The molecule has 0 heterocycles. The van der Waals surface area contributed by atoms with Gasteiger partial charge in [-0.05, 0) is 36.9 Å². The first-order valence-corrected chi connectivity index (χ1v) is 11.8. The molecule has 0 aliphatic heterocycles. The Bertz CT molecular complexity index is 1490. The number of Topliss-reactive ketones (excluding diaryl/α,β-unsaturated/α-hetero) is 2. The summed E-state index contributed by atoms with van der Waals surface area (Å²) in [6, 6.07) is 12.0. The van der Waals surface area contributed by atoms with Crippen LogP contribution in [0.3, 0.4) is 0 Å². The summed E-state index contributed by atoms with van der Waals surface area (Å²) in [6.07, 6.45) is -0.0379. The molecule has 5 rings (SSSR count). The van der Waals surface area contributed by atoms with Gasteiger partial charge in [-0.25, -0.2) is 0 Å². The fourth-order valence-electron chi connectivity index (χ4n) is 6.04. The van der Waals surface area contributed by atoms with Crippen molar-refractivity contribution in [2.45, 2.75) is 17.7 Å². The minimum atomic E-state index is -2.97. The van der Waals surface area contributed by atoms with Gasteiger partial charge in [0.15, 0.2) is 11.4 Å². The molecule has 0 spiro atoms. The number of aliphatic hydroxyl groups excluding tert-OH is 3. The quantitative estimate of drug-likeness (QED) is 0.324. The van der Waals surface area contributed by atoms with Crippen LogP contribution in [0.4, 0.5) is 0 Å². The predicted octanol–water partition coefficient (Wildman–Crippen LogP) is 1.09. The van der Waals surface area contributed by atoms with Crippen molar-refractivity contribution < 1.29 is 39.9 Å². The van der Waals surface area contributed by atoms with Crippen LogP contribution in [0.1, 0.15) is 21.5 Å². The van der Waals surface area contributed by atoms with Crippen molar-refractivity contribution in [3.63, 3.8) is 0 Å². The number of phenolic OH excluding ortho intramolecular Hbond substituents is 1. The largest absolute Gasteiger partial charge is 0.510 e. The number of fused-ring (bicyclic) bond motifs is 3. The van der Waals surface area contributed by atoms with Crippen molar-refractivity contribution in [3.8, 4) is 5.75 Å². The highest BCUT2D eigenvalue weighted by molar-refractivity contribution is 6.25. The van der Waals surface area contributed by atoms with Crippen molar-refractivity contribution >= 4 is 29.1 Å². The third kappa shape index (κ3) is 3.27. The molecule has 0 aromatic heterocycles. The van der Waals surface area contributed by atoms with Crippen LogP contribution in [0, 0.1) is 11.8 Å². The molecule has 38 heavy (non-hydrogen) atoms. The number of nitrogens with two attached hydrogens (primary N) is 1. The standard InChI is InChI=1S/C28H26N2O8/c1-30(2)21-20-23(33)17-14(11-12-7-4-3-5-8-12)13-9-6-10-15(31)16(13)22(32)18(17)25(35)28(20,38)26(36)19(24(21)34)27(29)37/h3-11,17,20-21,23,31,33-35,38H,1-2H3,(H2,29,37)/b14-11+/t17-,20-,21-,23-,28+/m1/s1. The molecule has 7 N–H and O–H groups in total. The molecule has 0 radical (unpaired) electrons. The van der Waals surface area contributed by atoms with Crippen molar-refractivity contribution in [2.24, 2.45) is 17.6 Å². The lowest BCUT2D eigenvalue weighted by Gasteiger charge is -2.52. The van der Waals surface area contributed by atoms with E-state index in [-0.39, 0.29) is 5.56 Å². The van der Waals surface area contributed by atoms with E-state index in [4.69, 9.17) is 5.73 Å². The molecule has 2 aromatic rings. The van der Waals surface area contributed by atoms with Crippen LogP contribution in [-0.4, -0.2) is 79.7 Å². The molecule has 0 fully saturated rings. The zero-order valence-electron chi connectivity index (χ0n) is 20.5. The first-order valence-electron chi connectivity index (χ1n) is 11.8. The number of carbonyl (C=O) groups is 3.